The fourth-order valence-electron chi connectivity index (χ4n) is 3.73. The van der Waals surface area contributed by atoms with Crippen LogP contribution in [0.2, 0.25) is 0 Å². The molecule has 0 radical (unpaired) electrons. The van der Waals surface area contributed by atoms with Gasteiger partial charge in [-0.2, -0.15) is 0 Å². The summed E-state index contributed by atoms with van der Waals surface area (Å²) in [6.07, 6.45) is 1.41. The number of sulfone groups is 1. The van der Waals surface area contributed by atoms with Gasteiger partial charge in [0.1, 0.15) is 6.61 Å². The van der Waals surface area contributed by atoms with Crippen LogP contribution in [0.5, 0.6) is 0 Å². The van der Waals surface area contributed by atoms with Gasteiger partial charge >= 0.3 is 12.0 Å². The molecule has 3 amide bonds. The molecule has 0 aromatic heterocycles. The second kappa shape index (κ2) is 13.7. The minimum absolute atomic E-state index is 0.0210. The lowest BCUT2D eigenvalue weighted by Crippen LogP contribution is -2.52. The molecule has 0 heterocycles. The first-order valence-corrected chi connectivity index (χ1v) is 14.2. The Morgan fingerprint density at radius 2 is 1.61 bits per heavy atom. The van der Waals surface area contributed by atoms with E-state index in [4.69, 9.17) is 4.74 Å². The molecule has 0 spiro atoms. The Morgan fingerprint density at radius 3 is 2.08 bits per heavy atom. The van der Waals surface area contributed by atoms with Crippen molar-refractivity contribution in [2.75, 3.05) is 39.3 Å². The molecular formula is C26H43N3O6S. The zero-order valence-electron chi connectivity index (χ0n) is 22.9. The van der Waals surface area contributed by atoms with E-state index in [-0.39, 0.29) is 36.9 Å². The molecule has 0 aliphatic rings. The van der Waals surface area contributed by atoms with Crippen molar-refractivity contribution >= 4 is 27.7 Å². The van der Waals surface area contributed by atoms with Crippen LogP contribution in [-0.4, -0.2) is 75.4 Å². The second-order valence-electron chi connectivity index (χ2n) is 11.1. The third kappa shape index (κ3) is 11.5. The van der Waals surface area contributed by atoms with E-state index < -0.39 is 39.6 Å². The summed E-state index contributed by atoms with van der Waals surface area (Å²) in [6, 6.07) is 8.69. The molecule has 0 saturated carbocycles. The molecule has 1 N–H and O–H groups in total. The first-order chi connectivity index (χ1) is 16.5. The van der Waals surface area contributed by atoms with Crippen LogP contribution in [-0.2, 0) is 30.8 Å². The molecule has 0 fully saturated rings. The van der Waals surface area contributed by atoms with Gasteiger partial charge in [0.05, 0.1) is 17.7 Å². The van der Waals surface area contributed by atoms with Gasteiger partial charge in [-0.25, -0.2) is 13.2 Å². The van der Waals surface area contributed by atoms with Crippen molar-refractivity contribution in [2.24, 2.45) is 23.2 Å². The fourth-order valence-corrected chi connectivity index (χ4v) is 4.21. The van der Waals surface area contributed by atoms with Crippen molar-refractivity contribution < 1.29 is 27.5 Å². The monoisotopic (exact) mass is 525 g/mol. The molecule has 0 aliphatic heterocycles. The number of hydrogen-bond donors (Lipinski definition) is 1. The normalized spacial score (nSPS) is 13.7. The highest BCUT2D eigenvalue weighted by Gasteiger charge is 2.40. The topological polar surface area (TPSA) is 113 Å². The van der Waals surface area contributed by atoms with Crippen LogP contribution in [0.1, 0.15) is 46.6 Å². The number of ether oxygens (including phenoxy) is 1. The predicted molar refractivity (Wildman–Crippen MR) is 141 cm³/mol. The van der Waals surface area contributed by atoms with E-state index in [0.29, 0.717) is 6.42 Å². The van der Waals surface area contributed by atoms with Crippen LogP contribution >= 0.6 is 0 Å². The molecule has 0 bridgehead atoms. The Kier molecular flexibility index (Phi) is 12.0. The van der Waals surface area contributed by atoms with Crippen molar-refractivity contribution in [2.45, 2.75) is 47.6 Å². The van der Waals surface area contributed by atoms with Crippen molar-refractivity contribution in [3.8, 4) is 0 Å². The first-order valence-electron chi connectivity index (χ1n) is 12.1. The van der Waals surface area contributed by atoms with E-state index in [1.54, 1.807) is 14.1 Å². The van der Waals surface area contributed by atoms with Crippen LogP contribution in [0, 0.1) is 23.2 Å². The number of urea groups is 1. The largest absolute Gasteiger partial charge is 0.461 e. The summed E-state index contributed by atoms with van der Waals surface area (Å²) < 4.78 is 29.0. The summed E-state index contributed by atoms with van der Waals surface area (Å²) in [6.45, 7) is 9.74. The maximum absolute atomic E-state index is 13.9. The number of carbonyl (C=O) groups excluding carboxylic acids is 3. The Morgan fingerprint density at radius 1 is 1.03 bits per heavy atom. The molecule has 1 aromatic rings. The number of hydrogen-bond acceptors (Lipinski definition) is 7. The lowest BCUT2D eigenvalue weighted by Gasteiger charge is -2.35. The summed E-state index contributed by atoms with van der Waals surface area (Å²) >= 11 is 0. The summed E-state index contributed by atoms with van der Waals surface area (Å²) in [5.41, 5.74) is 0.416. The van der Waals surface area contributed by atoms with Crippen LogP contribution in [0.15, 0.2) is 30.3 Å². The highest BCUT2D eigenvalue weighted by Crippen LogP contribution is 2.27. The van der Waals surface area contributed by atoms with E-state index in [0.717, 1.165) is 11.8 Å². The van der Waals surface area contributed by atoms with Gasteiger partial charge in [-0.1, -0.05) is 65.0 Å². The minimum Gasteiger partial charge on any atom is -0.461 e. The van der Waals surface area contributed by atoms with E-state index in [1.807, 2.05) is 65.0 Å². The van der Waals surface area contributed by atoms with Gasteiger partial charge in [0.2, 0.25) is 5.91 Å². The lowest BCUT2D eigenvalue weighted by atomic mass is 9.83. The molecular weight excluding hydrogens is 482 g/mol. The fraction of sp³-hybridized carbons (Fsp3) is 0.654. The summed E-state index contributed by atoms with van der Waals surface area (Å²) in [5, 5.41) is 2.80. The Bertz CT molecular complexity index is 971. The van der Waals surface area contributed by atoms with E-state index in [9.17, 15) is 22.8 Å². The highest BCUT2D eigenvalue weighted by molar-refractivity contribution is 7.90. The average molecular weight is 526 g/mol. The quantitative estimate of drug-likeness (QED) is 0.417. The molecule has 0 aliphatic carbocycles. The maximum Gasteiger partial charge on any atom is 0.326 e. The van der Waals surface area contributed by atoms with Crippen molar-refractivity contribution in [1.82, 2.24) is 15.1 Å². The number of amides is 3. The lowest BCUT2D eigenvalue weighted by molar-refractivity contribution is -0.156. The third-order valence-corrected chi connectivity index (χ3v) is 6.02. The number of nitrogens with zero attached hydrogens (tertiary/aromatic N) is 2. The van der Waals surface area contributed by atoms with Crippen molar-refractivity contribution in [1.29, 1.82) is 0 Å². The van der Waals surface area contributed by atoms with Gasteiger partial charge in [0, 0.05) is 33.4 Å². The molecule has 204 valence electrons. The molecule has 36 heavy (non-hydrogen) atoms. The van der Waals surface area contributed by atoms with Gasteiger partial charge in [-0.05, 0) is 23.3 Å². The first kappa shape index (κ1) is 31.6. The Hall–Kier alpha value is -2.46. The molecule has 9 nitrogen and oxygen atoms in total. The molecule has 0 saturated heterocycles. The minimum atomic E-state index is -3.35. The molecule has 2 atom stereocenters. The molecule has 1 aromatic carbocycles. The molecule has 1 rings (SSSR count). The van der Waals surface area contributed by atoms with Gasteiger partial charge < -0.3 is 15.0 Å². The number of rotatable bonds is 12. The number of benzene rings is 1. The van der Waals surface area contributed by atoms with E-state index >= 15 is 0 Å². The number of imide groups is 1. The van der Waals surface area contributed by atoms with Crippen LogP contribution in [0.25, 0.3) is 0 Å². The van der Waals surface area contributed by atoms with E-state index in [1.165, 1.54) is 9.80 Å². The van der Waals surface area contributed by atoms with Crippen molar-refractivity contribution in [3.63, 3.8) is 0 Å². The Balaban J connectivity index is 3.36. The highest BCUT2D eigenvalue weighted by atomic mass is 32.2. The smallest absolute Gasteiger partial charge is 0.326 e. The average Bonchev–Trinajstić information content (AvgIpc) is 2.75. The number of esters is 1. The second-order valence-corrected chi connectivity index (χ2v) is 13.3. The Labute approximate surface area is 216 Å². The zero-order valence-corrected chi connectivity index (χ0v) is 23.7. The predicted octanol–water partition coefficient (Wildman–Crippen LogP) is 3.16. The van der Waals surface area contributed by atoms with Gasteiger partial charge in [0.25, 0.3) is 0 Å². The van der Waals surface area contributed by atoms with Gasteiger partial charge in [0.15, 0.2) is 9.84 Å². The summed E-state index contributed by atoms with van der Waals surface area (Å²) in [7, 11) is -0.211. The summed E-state index contributed by atoms with van der Waals surface area (Å²) in [5.74, 6) is -3.27. The number of nitrogens with one attached hydrogen (secondary N) is 1. The SMILES string of the molecule is CC(C)CC(C(=O)N(CC(C)(C)C)C(=O)N(C)C)C(CNCS(C)(=O)=O)C(=O)OCc1ccccc1. The van der Waals surface area contributed by atoms with Gasteiger partial charge in [-0.3, -0.25) is 14.5 Å². The van der Waals surface area contributed by atoms with Crippen molar-refractivity contribution in [3.05, 3.63) is 35.9 Å². The van der Waals surface area contributed by atoms with Gasteiger partial charge in [-0.15, -0.1) is 0 Å². The standard InChI is InChI=1S/C26H43N3O6S/c1-19(2)14-21(23(30)29(17-26(3,4)5)25(32)28(6)7)22(15-27-18-36(8,33)34)24(31)35-16-20-12-10-9-11-13-20/h9-13,19,21-22,27H,14-18H2,1-8H3. The number of carbonyl (C=O) groups is 3. The van der Waals surface area contributed by atoms with Crippen LogP contribution < -0.4 is 5.32 Å². The maximum atomic E-state index is 13.9. The third-order valence-electron chi connectivity index (χ3n) is 5.30. The molecule has 2 unspecified atom stereocenters. The molecule has 10 heteroatoms. The van der Waals surface area contributed by atoms with E-state index in [2.05, 4.69) is 5.32 Å². The van der Waals surface area contributed by atoms with Crippen LogP contribution in [0.4, 0.5) is 4.79 Å². The van der Waals surface area contributed by atoms with Crippen LogP contribution in [0.3, 0.4) is 0 Å². The summed E-state index contributed by atoms with van der Waals surface area (Å²) in [4.78, 5) is 42.8. The zero-order chi connectivity index (χ0) is 27.7.